The van der Waals surface area contributed by atoms with Crippen molar-refractivity contribution in [2.45, 2.75) is 33.6 Å². The minimum absolute atomic E-state index is 0.0570. The van der Waals surface area contributed by atoms with Crippen molar-refractivity contribution in [2.24, 2.45) is 0 Å². The highest BCUT2D eigenvalue weighted by molar-refractivity contribution is 5.97. The molecule has 0 saturated carbocycles. The summed E-state index contributed by atoms with van der Waals surface area (Å²) in [6.07, 6.45) is 2.03. The van der Waals surface area contributed by atoms with Crippen LogP contribution in [0.15, 0.2) is 42.5 Å². The topological polar surface area (TPSA) is 86.5 Å². The highest BCUT2D eigenvalue weighted by Gasteiger charge is 2.15. The van der Waals surface area contributed by atoms with E-state index in [4.69, 9.17) is 4.98 Å². The smallest absolute Gasteiger partial charge is 0.251 e. The molecule has 3 N–H and O–H groups in total. The van der Waals surface area contributed by atoms with Crippen molar-refractivity contribution in [1.29, 1.82) is 0 Å². The lowest BCUT2D eigenvalue weighted by Gasteiger charge is -2.04. The number of fused-ring (bicyclic) bond motifs is 1. The molecular formula is C23H25N5O. The van der Waals surface area contributed by atoms with Gasteiger partial charge in [0, 0.05) is 28.9 Å². The van der Waals surface area contributed by atoms with Crippen LogP contribution in [-0.2, 0) is 0 Å². The first-order valence-corrected chi connectivity index (χ1v) is 9.97. The Balaban J connectivity index is 1.70. The summed E-state index contributed by atoms with van der Waals surface area (Å²) >= 11 is 0. The monoisotopic (exact) mass is 387 g/mol. The number of aromatic nitrogens is 4. The first-order chi connectivity index (χ1) is 14.1. The molecule has 0 bridgehead atoms. The second-order valence-corrected chi connectivity index (χ2v) is 7.27. The number of hydrogen-bond donors (Lipinski definition) is 3. The Morgan fingerprint density at radius 1 is 1.00 bits per heavy atom. The van der Waals surface area contributed by atoms with Gasteiger partial charge in [0.1, 0.15) is 11.6 Å². The minimum Gasteiger partial charge on any atom is -0.352 e. The number of nitrogens with zero attached hydrogens (tertiary/aromatic N) is 2. The van der Waals surface area contributed by atoms with Crippen molar-refractivity contribution in [3.8, 4) is 22.8 Å². The number of benzene rings is 2. The molecule has 6 heteroatoms. The molecule has 0 unspecified atom stereocenters. The molecule has 0 aliphatic heterocycles. The van der Waals surface area contributed by atoms with Gasteiger partial charge in [-0.1, -0.05) is 37.6 Å². The van der Waals surface area contributed by atoms with Crippen molar-refractivity contribution in [1.82, 2.24) is 25.3 Å². The Morgan fingerprint density at radius 2 is 1.72 bits per heavy atom. The molecule has 2 aromatic heterocycles. The van der Waals surface area contributed by atoms with Gasteiger partial charge < -0.3 is 15.3 Å². The Morgan fingerprint density at radius 3 is 2.38 bits per heavy atom. The van der Waals surface area contributed by atoms with E-state index in [9.17, 15) is 4.79 Å². The molecule has 1 amide bonds. The van der Waals surface area contributed by atoms with Gasteiger partial charge in [0.05, 0.1) is 16.7 Å². The van der Waals surface area contributed by atoms with Crippen LogP contribution < -0.4 is 5.32 Å². The van der Waals surface area contributed by atoms with Crippen LogP contribution in [0.4, 0.5) is 0 Å². The normalized spacial score (nSPS) is 11.1. The quantitative estimate of drug-likeness (QED) is 0.417. The maximum absolute atomic E-state index is 12.4. The number of nitrogens with one attached hydrogen (secondary N) is 3. The Labute approximate surface area is 169 Å². The first kappa shape index (κ1) is 18.9. The molecule has 4 rings (SSSR count). The SMILES string of the molecule is CCCCNC(=O)c1ccc2nc(-c3ccccc3-c3nc(C)c(C)[nH]3)[nH]c2c1. The van der Waals surface area contributed by atoms with E-state index in [1.807, 2.05) is 56.3 Å². The highest BCUT2D eigenvalue weighted by atomic mass is 16.1. The third-order valence-electron chi connectivity index (χ3n) is 5.13. The summed E-state index contributed by atoms with van der Waals surface area (Å²) in [5.41, 5.74) is 6.29. The molecule has 29 heavy (non-hydrogen) atoms. The van der Waals surface area contributed by atoms with E-state index in [1.54, 1.807) is 0 Å². The molecule has 0 radical (unpaired) electrons. The molecule has 0 saturated heterocycles. The van der Waals surface area contributed by atoms with Crippen molar-refractivity contribution in [3.63, 3.8) is 0 Å². The van der Waals surface area contributed by atoms with Crippen LogP contribution in [0, 0.1) is 13.8 Å². The zero-order valence-corrected chi connectivity index (χ0v) is 17.0. The number of hydrogen-bond acceptors (Lipinski definition) is 3. The number of imidazole rings is 2. The van der Waals surface area contributed by atoms with Crippen LogP contribution in [0.1, 0.15) is 41.5 Å². The fraction of sp³-hybridized carbons (Fsp3) is 0.261. The van der Waals surface area contributed by atoms with Crippen molar-refractivity contribution in [3.05, 3.63) is 59.4 Å². The number of amides is 1. The Bertz CT molecular complexity index is 1150. The maximum atomic E-state index is 12.4. The Hall–Kier alpha value is -3.41. The van der Waals surface area contributed by atoms with Crippen molar-refractivity contribution in [2.75, 3.05) is 6.54 Å². The predicted molar refractivity (Wildman–Crippen MR) is 116 cm³/mol. The molecule has 6 nitrogen and oxygen atoms in total. The van der Waals surface area contributed by atoms with Gasteiger partial charge in [0.2, 0.25) is 0 Å². The number of aryl methyl sites for hydroxylation is 2. The summed E-state index contributed by atoms with van der Waals surface area (Å²) in [4.78, 5) is 28.5. The van der Waals surface area contributed by atoms with E-state index in [0.29, 0.717) is 12.1 Å². The summed E-state index contributed by atoms with van der Waals surface area (Å²) in [5, 5.41) is 2.96. The molecule has 0 spiro atoms. The maximum Gasteiger partial charge on any atom is 0.251 e. The van der Waals surface area contributed by atoms with E-state index in [0.717, 1.165) is 58.0 Å². The average Bonchev–Trinajstić information content (AvgIpc) is 3.30. The van der Waals surface area contributed by atoms with Crippen molar-refractivity contribution < 1.29 is 4.79 Å². The summed E-state index contributed by atoms with van der Waals surface area (Å²) in [7, 11) is 0. The lowest BCUT2D eigenvalue weighted by molar-refractivity contribution is 0.0953. The van der Waals surface area contributed by atoms with E-state index in [-0.39, 0.29) is 5.91 Å². The molecular weight excluding hydrogens is 362 g/mol. The zero-order valence-electron chi connectivity index (χ0n) is 17.0. The fourth-order valence-electron chi connectivity index (χ4n) is 3.33. The number of aromatic amines is 2. The second kappa shape index (κ2) is 7.91. The second-order valence-electron chi connectivity index (χ2n) is 7.27. The van der Waals surface area contributed by atoms with Crippen LogP contribution in [0.3, 0.4) is 0 Å². The van der Waals surface area contributed by atoms with Gasteiger partial charge in [-0.15, -0.1) is 0 Å². The largest absolute Gasteiger partial charge is 0.352 e. The van der Waals surface area contributed by atoms with Gasteiger partial charge in [0.15, 0.2) is 0 Å². The third kappa shape index (κ3) is 3.78. The predicted octanol–water partition coefficient (Wildman–Crippen LogP) is 4.77. The lowest BCUT2D eigenvalue weighted by Crippen LogP contribution is -2.24. The molecule has 148 valence electrons. The van der Waals surface area contributed by atoms with Gasteiger partial charge in [0.25, 0.3) is 5.91 Å². The van der Waals surface area contributed by atoms with E-state index >= 15 is 0 Å². The van der Waals surface area contributed by atoms with Crippen LogP contribution in [-0.4, -0.2) is 32.4 Å². The van der Waals surface area contributed by atoms with Gasteiger partial charge in [-0.25, -0.2) is 9.97 Å². The van der Waals surface area contributed by atoms with Crippen LogP contribution in [0.25, 0.3) is 33.8 Å². The number of carbonyl (C=O) groups is 1. The Kier molecular flexibility index (Phi) is 5.16. The molecule has 4 aromatic rings. The van der Waals surface area contributed by atoms with Gasteiger partial charge >= 0.3 is 0 Å². The molecule has 0 aliphatic carbocycles. The van der Waals surface area contributed by atoms with Gasteiger partial charge in [-0.3, -0.25) is 4.79 Å². The molecule has 0 fully saturated rings. The minimum atomic E-state index is -0.0570. The number of H-pyrrole nitrogens is 2. The highest BCUT2D eigenvalue weighted by Crippen LogP contribution is 2.30. The van der Waals surface area contributed by atoms with E-state index in [1.165, 1.54) is 0 Å². The zero-order chi connectivity index (χ0) is 20.4. The summed E-state index contributed by atoms with van der Waals surface area (Å²) in [6.45, 7) is 6.80. The van der Waals surface area contributed by atoms with Gasteiger partial charge in [-0.05, 0) is 38.5 Å². The molecule has 0 aliphatic rings. The van der Waals surface area contributed by atoms with Crippen LogP contribution in [0.5, 0.6) is 0 Å². The van der Waals surface area contributed by atoms with Gasteiger partial charge in [-0.2, -0.15) is 0 Å². The molecule has 0 atom stereocenters. The lowest BCUT2D eigenvalue weighted by atomic mass is 10.1. The summed E-state index contributed by atoms with van der Waals surface area (Å²) in [5.74, 6) is 1.52. The van der Waals surface area contributed by atoms with Crippen LogP contribution in [0.2, 0.25) is 0 Å². The van der Waals surface area contributed by atoms with E-state index in [2.05, 4.69) is 27.2 Å². The summed E-state index contributed by atoms with van der Waals surface area (Å²) in [6, 6.07) is 13.6. The average molecular weight is 387 g/mol. The third-order valence-corrected chi connectivity index (χ3v) is 5.13. The molecule has 2 heterocycles. The standard InChI is InChI=1S/C23H25N5O/c1-4-5-12-24-23(29)16-10-11-19-20(13-16)28-22(27-19)18-9-7-6-8-17(18)21-25-14(2)15(3)26-21/h6-11,13H,4-5,12H2,1-3H3,(H,24,29)(H,25,26)(H,27,28). The summed E-state index contributed by atoms with van der Waals surface area (Å²) < 4.78 is 0. The number of rotatable bonds is 6. The van der Waals surface area contributed by atoms with Crippen molar-refractivity contribution >= 4 is 16.9 Å². The van der Waals surface area contributed by atoms with Crippen LogP contribution >= 0.6 is 0 Å². The number of unbranched alkanes of at least 4 members (excludes halogenated alkanes) is 1. The van der Waals surface area contributed by atoms with E-state index < -0.39 is 0 Å². The molecule has 2 aromatic carbocycles. The number of carbonyl (C=O) groups excluding carboxylic acids is 1. The first-order valence-electron chi connectivity index (χ1n) is 9.97. The fourth-order valence-corrected chi connectivity index (χ4v) is 3.33.